The van der Waals surface area contributed by atoms with Crippen molar-refractivity contribution in [3.05, 3.63) is 84.9 Å². The lowest BCUT2D eigenvalue weighted by Gasteiger charge is -2.08. The zero-order valence-electron chi connectivity index (χ0n) is 14.8. The molecule has 0 amide bonds. The Balaban J connectivity index is 1.81. The minimum atomic E-state index is -0.438. The molecule has 0 spiro atoms. The molecule has 27 heavy (non-hydrogen) atoms. The van der Waals surface area contributed by atoms with Crippen LogP contribution in [-0.2, 0) is 9.59 Å². The first-order valence-corrected chi connectivity index (χ1v) is 8.36. The standard InChI is InChI=1S/C23H18O4/c1-16(2)23(25)27-22-12-8-18(9-13-22)20-5-3-4-19(14-20)17-6-10-21(11-7-17)26-15-24/h3-15H,1H2,2H3. The predicted octanol–water partition coefficient (Wildman–Crippen LogP) is 5.04. The summed E-state index contributed by atoms with van der Waals surface area (Å²) in [5.41, 5.74) is 4.47. The molecule has 0 radical (unpaired) electrons. The van der Waals surface area contributed by atoms with E-state index in [9.17, 15) is 9.59 Å². The van der Waals surface area contributed by atoms with Gasteiger partial charge < -0.3 is 9.47 Å². The van der Waals surface area contributed by atoms with Gasteiger partial charge >= 0.3 is 5.97 Å². The number of carbonyl (C=O) groups excluding carboxylic acids is 2. The molecule has 3 aromatic carbocycles. The van der Waals surface area contributed by atoms with Crippen molar-refractivity contribution in [1.29, 1.82) is 0 Å². The Bertz CT molecular complexity index is 970. The van der Waals surface area contributed by atoms with Crippen molar-refractivity contribution < 1.29 is 19.1 Å². The fraction of sp³-hybridized carbons (Fsp3) is 0.0435. The van der Waals surface area contributed by atoms with Gasteiger partial charge in [-0.2, -0.15) is 0 Å². The molecule has 0 fully saturated rings. The second-order valence-electron chi connectivity index (χ2n) is 6.01. The summed E-state index contributed by atoms with van der Waals surface area (Å²) in [7, 11) is 0. The summed E-state index contributed by atoms with van der Waals surface area (Å²) in [5.74, 6) is 0.547. The Kier molecular flexibility index (Phi) is 5.47. The average molecular weight is 358 g/mol. The van der Waals surface area contributed by atoms with Crippen molar-refractivity contribution >= 4 is 12.4 Å². The van der Waals surface area contributed by atoms with E-state index in [4.69, 9.17) is 9.47 Å². The third kappa shape index (κ3) is 4.50. The van der Waals surface area contributed by atoms with Crippen LogP contribution in [-0.4, -0.2) is 12.4 Å². The molecule has 0 aliphatic carbocycles. The van der Waals surface area contributed by atoms with E-state index in [2.05, 4.69) is 12.6 Å². The summed E-state index contributed by atoms with van der Waals surface area (Å²) in [4.78, 5) is 22.0. The van der Waals surface area contributed by atoms with Gasteiger partial charge in [-0.3, -0.25) is 4.79 Å². The normalized spacial score (nSPS) is 10.1. The monoisotopic (exact) mass is 358 g/mol. The number of carbonyl (C=O) groups is 2. The van der Waals surface area contributed by atoms with E-state index in [-0.39, 0.29) is 0 Å². The van der Waals surface area contributed by atoms with Gasteiger partial charge in [-0.05, 0) is 59.5 Å². The molecule has 0 aliphatic heterocycles. The zero-order valence-corrected chi connectivity index (χ0v) is 14.8. The average Bonchev–Trinajstić information content (AvgIpc) is 2.69. The lowest BCUT2D eigenvalue weighted by atomic mass is 9.99. The van der Waals surface area contributed by atoms with E-state index in [0.717, 1.165) is 22.3 Å². The number of benzene rings is 3. The fourth-order valence-electron chi connectivity index (χ4n) is 2.57. The molecule has 134 valence electrons. The first-order valence-electron chi connectivity index (χ1n) is 8.36. The second kappa shape index (κ2) is 8.15. The molecule has 0 aliphatic rings. The van der Waals surface area contributed by atoms with Crippen LogP contribution in [0.5, 0.6) is 11.5 Å². The molecule has 0 heterocycles. The Morgan fingerprint density at radius 2 is 1.33 bits per heavy atom. The molecule has 0 aromatic heterocycles. The van der Waals surface area contributed by atoms with Gasteiger partial charge in [0.15, 0.2) is 0 Å². The Labute approximate surface area is 157 Å². The van der Waals surface area contributed by atoms with Gasteiger partial charge in [0.25, 0.3) is 6.47 Å². The molecule has 3 aromatic rings. The number of esters is 1. The SMILES string of the molecule is C=C(C)C(=O)Oc1ccc(-c2cccc(-c3ccc(OC=O)cc3)c2)cc1. The van der Waals surface area contributed by atoms with E-state index in [1.165, 1.54) is 0 Å². The molecule has 0 saturated heterocycles. The Morgan fingerprint density at radius 3 is 1.81 bits per heavy atom. The van der Waals surface area contributed by atoms with Crippen molar-refractivity contribution in [2.75, 3.05) is 0 Å². The quantitative estimate of drug-likeness (QED) is 0.268. The molecule has 4 heteroatoms. The third-order valence-corrected chi connectivity index (χ3v) is 3.98. The van der Waals surface area contributed by atoms with Gasteiger partial charge in [0, 0.05) is 5.57 Å². The largest absolute Gasteiger partial charge is 0.429 e. The van der Waals surface area contributed by atoms with Gasteiger partial charge in [-0.1, -0.05) is 49.0 Å². The topological polar surface area (TPSA) is 52.6 Å². The van der Waals surface area contributed by atoms with Crippen LogP contribution in [0.2, 0.25) is 0 Å². The second-order valence-corrected chi connectivity index (χ2v) is 6.01. The minimum Gasteiger partial charge on any atom is -0.429 e. The summed E-state index contributed by atoms with van der Waals surface area (Å²) < 4.78 is 10.0. The number of ether oxygens (including phenoxy) is 2. The van der Waals surface area contributed by atoms with Crippen molar-refractivity contribution in [2.45, 2.75) is 6.92 Å². The smallest absolute Gasteiger partial charge is 0.338 e. The van der Waals surface area contributed by atoms with Crippen LogP contribution in [0.3, 0.4) is 0 Å². The molecule has 4 nitrogen and oxygen atoms in total. The summed E-state index contributed by atoms with van der Waals surface area (Å²) in [6.45, 7) is 5.59. The third-order valence-electron chi connectivity index (χ3n) is 3.98. The number of hydrogen-bond acceptors (Lipinski definition) is 4. The summed E-state index contributed by atoms with van der Waals surface area (Å²) in [6, 6.07) is 22.7. The van der Waals surface area contributed by atoms with Gasteiger partial charge in [0.1, 0.15) is 11.5 Å². The van der Waals surface area contributed by atoms with E-state index in [1.807, 2.05) is 42.5 Å². The van der Waals surface area contributed by atoms with Crippen LogP contribution in [0.15, 0.2) is 84.9 Å². The van der Waals surface area contributed by atoms with Crippen LogP contribution >= 0.6 is 0 Å². The predicted molar refractivity (Wildman–Crippen MR) is 104 cm³/mol. The van der Waals surface area contributed by atoms with Gasteiger partial charge in [-0.25, -0.2) is 4.79 Å². The summed E-state index contributed by atoms with van der Waals surface area (Å²) >= 11 is 0. The number of hydrogen-bond donors (Lipinski definition) is 0. The Morgan fingerprint density at radius 1 is 0.815 bits per heavy atom. The van der Waals surface area contributed by atoms with Crippen LogP contribution in [0, 0.1) is 0 Å². The van der Waals surface area contributed by atoms with Crippen molar-refractivity contribution in [3.8, 4) is 33.8 Å². The molecule has 0 N–H and O–H groups in total. The maximum atomic E-state index is 11.6. The van der Waals surface area contributed by atoms with Crippen molar-refractivity contribution in [1.82, 2.24) is 0 Å². The highest BCUT2D eigenvalue weighted by molar-refractivity contribution is 5.88. The molecular formula is C23H18O4. The minimum absolute atomic E-state index is 0.358. The van der Waals surface area contributed by atoms with Gasteiger partial charge in [0.2, 0.25) is 0 Å². The molecule has 0 saturated carbocycles. The van der Waals surface area contributed by atoms with E-state index < -0.39 is 5.97 Å². The molecule has 0 atom stereocenters. The molecule has 0 unspecified atom stereocenters. The molecule has 0 bridgehead atoms. The van der Waals surface area contributed by atoms with Crippen LogP contribution in [0.1, 0.15) is 6.92 Å². The fourth-order valence-corrected chi connectivity index (χ4v) is 2.57. The van der Waals surface area contributed by atoms with Crippen LogP contribution in [0.4, 0.5) is 0 Å². The highest BCUT2D eigenvalue weighted by Crippen LogP contribution is 2.28. The van der Waals surface area contributed by atoms with E-state index >= 15 is 0 Å². The zero-order chi connectivity index (χ0) is 19.2. The van der Waals surface area contributed by atoms with E-state index in [0.29, 0.717) is 23.5 Å². The van der Waals surface area contributed by atoms with Crippen molar-refractivity contribution in [3.63, 3.8) is 0 Å². The van der Waals surface area contributed by atoms with Gasteiger partial charge in [-0.15, -0.1) is 0 Å². The van der Waals surface area contributed by atoms with Crippen molar-refractivity contribution in [2.24, 2.45) is 0 Å². The highest BCUT2D eigenvalue weighted by atomic mass is 16.5. The highest BCUT2D eigenvalue weighted by Gasteiger charge is 2.06. The Hall–Kier alpha value is -3.66. The van der Waals surface area contributed by atoms with E-state index in [1.54, 1.807) is 31.2 Å². The molecular weight excluding hydrogens is 340 g/mol. The van der Waals surface area contributed by atoms with Crippen LogP contribution in [0.25, 0.3) is 22.3 Å². The first kappa shape index (κ1) is 18.1. The lowest BCUT2D eigenvalue weighted by molar-refractivity contribution is -0.130. The summed E-state index contributed by atoms with van der Waals surface area (Å²) in [5, 5.41) is 0. The first-order chi connectivity index (χ1) is 13.1. The molecule has 3 rings (SSSR count). The number of rotatable bonds is 6. The van der Waals surface area contributed by atoms with Gasteiger partial charge in [0.05, 0.1) is 0 Å². The van der Waals surface area contributed by atoms with Crippen LogP contribution < -0.4 is 9.47 Å². The maximum absolute atomic E-state index is 11.6. The lowest BCUT2D eigenvalue weighted by Crippen LogP contribution is -2.07. The maximum Gasteiger partial charge on any atom is 0.338 e. The summed E-state index contributed by atoms with van der Waals surface area (Å²) in [6.07, 6.45) is 0.